The number of halogens is 1. The molecule has 0 bridgehead atoms. The van der Waals surface area contributed by atoms with Crippen LogP contribution in [-0.4, -0.2) is 53.3 Å². The van der Waals surface area contributed by atoms with Gasteiger partial charge in [-0.1, -0.05) is 12.1 Å². The van der Waals surface area contributed by atoms with Crippen molar-refractivity contribution >= 4 is 12.1 Å². The van der Waals surface area contributed by atoms with Crippen LogP contribution >= 0.6 is 0 Å². The third kappa shape index (κ3) is 8.66. The lowest BCUT2D eigenvalue weighted by Gasteiger charge is -2.22. The van der Waals surface area contributed by atoms with Crippen LogP contribution in [-0.2, 0) is 16.0 Å². The van der Waals surface area contributed by atoms with Gasteiger partial charge < -0.3 is 25.0 Å². The van der Waals surface area contributed by atoms with Gasteiger partial charge in [0.1, 0.15) is 36.8 Å². The lowest BCUT2D eigenvalue weighted by molar-refractivity contribution is -0.139. The molecule has 1 aromatic carbocycles. The number of benzene rings is 1. The van der Waals surface area contributed by atoms with Gasteiger partial charge in [0.25, 0.3) is 0 Å². The predicted molar refractivity (Wildman–Crippen MR) is 93.0 cm³/mol. The first-order valence-electron chi connectivity index (χ1n) is 8.29. The summed E-state index contributed by atoms with van der Waals surface area (Å²) in [6.45, 7) is 4.06. The van der Waals surface area contributed by atoms with E-state index >= 15 is 0 Å². The minimum Gasteiger partial charge on any atom is -0.491 e. The molecule has 7 nitrogen and oxygen atoms in total. The molecule has 8 heteroatoms. The van der Waals surface area contributed by atoms with Crippen LogP contribution in [0.25, 0.3) is 0 Å². The van der Waals surface area contributed by atoms with Crippen molar-refractivity contribution < 1.29 is 33.7 Å². The number of ether oxygens (including phenoxy) is 2. The molecular formula is C18H26FNO6. The fraction of sp³-hybridized carbons (Fsp3) is 0.556. The fourth-order valence-electron chi connectivity index (χ4n) is 2.01. The minimum absolute atomic E-state index is 0.142. The van der Waals surface area contributed by atoms with E-state index < -0.39 is 36.5 Å². The molecule has 0 saturated heterocycles. The molecule has 0 aliphatic heterocycles. The maximum Gasteiger partial charge on any atom is 0.408 e. The maximum absolute atomic E-state index is 12.2. The third-order valence-electron chi connectivity index (χ3n) is 3.25. The molecule has 2 atom stereocenters. The Morgan fingerprint density at radius 1 is 1.23 bits per heavy atom. The Hall–Kier alpha value is -2.35. The highest BCUT2D eigenvalue weighted by molar-refractivity contribution is 5.80. The number of nitrogens with one attached hydrogen (secondary N) is 1. The molecule has 0 saturated carbocycles. The number of aliphatic carboxylic acids is 1. The van der Waals surface area contributed by atoms with E-state index in [0.29, 0.717) is 12.2 Å². The summed E-state index contributed by atoms with van der Waals surface area (Å²) in [6, 6.07) is 5.71. The fourth-order valence-corrected chi connectivity index (χ4v) is 2.01. The smallest absolute Gasteiger partial charge is 0.408 e. The summed E-state index contributed by atoms with van der Waals surface area (Å²) in [4.78, 5) is 23.0. The van der Waals surface area contributed by atoms with Crippen molar-refractivity contribution in [3.05, 3.63) is 29.8 Å². The van der Waals surface area contributed by atoms with E-state index in [9.17, 15) is 19.1 Å². The van der Waals surface area contributed by atoms with Gasteiger partial charge in [-0.15, -0.1) is 0 Å². The molecule has 0 heterocycles. The van der Waals surface area contributed by atoms with E-state index in [4.69, 9.17) is 14.6 Å². The molecule has 0 fully saturated rings. The highest BCUT2D eigenvalue weighted by Gasteiger charge is 2.23. The molecular weight excluding hydrogens is 345 g/mol. The van der Waals surface area contributed by atoms with Crippen LogP contribution in [0.4, 0.5) is 9.18 Å². The predicted octanol–water partition coefficient (Wildman–Crippen LogP) is 2.31. The molecule has 3 N–H and O–H groups in total. The summed E-state index contributed by atoms with van der Waals surface area (Å²) >= 11 is 0. The topological polar surface area (TPSA) is 105 Å². The first kappa shape index (κ1) is 21.7. The Morgan fingerprint density at radius 3 is 2.35 bits per heavy atom. The highest BCUT2D eigenvalue weighted by atomic mass is 19.1. The Balaban J connectivity index is 2.53. The second-order valence-electron chi connectivity index (χ2n) is 6.84. The zero-order chi connectivity index (χ0) is 19.7. The summed E-state index contributed by atoms with van der Waals surface area (Å²) in [5.41, 5.74) is 0.138. The Kier molecular flexibility index (Phi) is 8.31. The Labute approximate surface area is 152 Å². The van der Waals surface area contributed by atoms with Gasteiger partial charge in [0.15, 0.2) is 0 Å². The van der Waals surface area contributed by atoms with Crippen LogP contribution in [0, 0.1) is 0 Å². The van der Waals surface area contributed by atoms with Crippen LogP contribution in [0.3, 0.4) is 0 Å². The van der Waals surface area contributed by atoms with Crippen molar-refractivity contribution in [1.29, 1.82) is 0 Å². The quantitative estimate of drug-likeness (QED) is 0.615. The van der Waals surface area contributed by atoms with Crippen molar-refractivity contribution in [2.75, 3.05) is 13.3 Å². The zero-order valence-corrected chi connectivity index (χ0v) is 15.2. The molecule has 0 aromatic heterocycles. The van der Waals surface area contributed by atoms with Gasteiger partial charge in [0.05, 0.1) is 0 Å². The number of carboxylic acid groups (broad SMARTS) is 1. The number of hydrogen-bond acceptors (Lipinski definition) is 5. The molecule has 0 spiro atoms. The van der Waals surface area contributed by atoms with E-state index in [0.717, 1.165) is 5.56 Å². The normalized spacial score (nSPS) is 13.6. The number of alkyl carbamates (subject to hydrolysis) is 1. The number of rotatable bonds is 9. The number of amides is 1. The number of aliphatic hydroxyl groups excluding tert-OH is 1. The lowest BCUT2D eigenvalue weighted by Crippen LogP contribution is -2.43. The monoisotopic (exact) mass is 371 g/mol. The molecule has 0 aliphatic rings. The zero-order valence-electron chi connectivity index (χ0n) is 15.2. The van der Waals surface area contributed by atoms with E-state index in [2.05, 4.69) is 5.32 Å². The standard InChI is InChI=1S/C18H26FNO6/c1-18(2,3)26-17(24)20-15(16(22)23)9-6-12-4-7-14(8-5-12)25-11-13(21)10-19/h4-5,7-8,13,15,21H,6,9-11H2,1-3H3,(H,20,24)(H,22,23). The van der Waals surface area contributed by atoms with Crippen molar-refractivity contribution in [1.82, 2.24) is 5.32 Å². The van der Waals surface area contributed by atoms with Crippen molar-refractivity contribution in [2.45, 2.75) is 51.4 Å². The van der Waals surface area contributed by atoms with Crippen molar-refractivity contribution in [3.8, 4) is 5.75 Å². The van der Waals surface area contributed by atoms with Crippen LogP contribution < -0.4 is 10.1 Å². The molecule has 1 aromatic rings. The molecule has 26 heavy (non-hydrogen) atoms. The number of carbonyl (C=O) groups is 2. The van der Waals surface area contributed by atoms with E-state index in [1.54, 1.807) is 45.0 Å². The lowest BCUT2D eigenvalue weighted by atomic mass is 10.1. The molecule has 146 valence electrons. The number of aryl methyl sites for hydroxylation is 1. The minimum atomic E-state index is -1.16. The summed E-state index contributed by atoms with van der Waals surface area (Å²) in [5, 5.41) is 20.7. The van der Waals surface area contributed by atoms with Crippen LogP contribution in [0.5, 0.6) is 5.75 Å². The van der Waals surface area contributed by atoms with Crippen molar-refractivity contribution in [3.63, 3.8) is 0 Å². The number of aliphatic hydroxyl groups is 1. The van der Waals surface area contributed by atoms with Crippen LogP contribution in [0.2, 0.25) is 0 Å². The highest BCUT2D eigenvalue weighted by Crippen LogP contribution is 2.15. The van der Waals surface area contributed by atoms with Gasteiger partial charge >= 0.3 is 12.1 Å². The average Bonchev–Trinajstić information content (AvgIpc) is 2.55. The second-order valence-corrected chi connectivity index (χ2v) is 6.84. The molecule has 0 aliphatic carbocycles. The van der Waals surface area contributed by atoms with E-state index in [-0.39, 0.29) is 13.0 Å². The van der Waals surface area contributed by atoms with Crippen LogP contribution in [0.15, 0.2) is 24.3 Å². The van der Waals surface area contributed by atoms with E-state index in [1.807, 2.05) is 0 Å². The van der Waals surface area contributed by atoms with Crippen molar-refractivity contribution in [2.24, 2.45) is 0 Å². The molecule has 1 amide bonds. The van der Waals surface area contributed by atoms with Gasteiger partial charge in [-0.05, 0) is 51.3 Å². The van der Waals surface area contributed by atoms with Gasteiger partial charge in [0.2, 0.25) is 0 Å². The summed E-state index contributed by atoms with van der Waals surface area (Å²) in [6.07, 6.45) is -1.33. The molecule has 0 radical (unpaired) electrons. The molecule has 2 unspecified atom stereocenters. The molecule has 1 rings (SSSR count). The first-order chi connectivity index (χ1) is 12.1. The number of carboxylic acids is 1. The van der Waals surface area contributed by atoms with Crippen LogP contribution in [0.1, 0.15) is 32.8 Å². The summed E-state index contributed by atoms with van der Waals surface area (Å²) in [7, 11) is 0. The maximum atomic E-state index is 12.2. The van der Waals surface area contributed by atoms with Gasteiger partial charge in [-0.2, -0.15) is 0 Å². The average molecular weight is 371 g/mol. The Bertz CT molecular complexity index is 584. The summed E-state index contributed by atoms with van der Waals surface area (Å²) in [5.74, 6) is -0.668. The first-order valence-corrected chi connectivity index (χ1v) is 8.29. The largest absolute Gasteiger partial charge is 0.491 e. The number of hydrogen-bond donors (Lipinski definition) is 3. The Morgan fingerprint density at radius 2 is 1.85 bits per heavy atom. The van der Waals surface area contributed by atoms with Gasteiger partial charge in [-0.3, -0.25) is 0 Å². The number of carbonyl (C=O) groups excluding carboxylic acids is 1. The van der Waals surface area contributed by atoms with E-state index in [1.165, 1.54) is 0 Å². The summed E-state index contributed by atoms with van der Waals surface area (Å²) < 4.78 is 22.4. The van der Waals surface area contributed by atoms with Gasteiger partial charge in [0, 0.05) is 0 Å². The SMILES string of the molecule is CC(C)(C)OC(=O)NC(CCc1ccc(OCC(O)CF)cc1)C(=O)O. The second kappa shape index (κ2) is 9.96. The third-order valence-corrected chi connectivity index (χ3v) is 3.25. The van der Waals surface area contributed by atoms with Gasteiger partial charge in [-0.25, -0.2) is 14.0 Å². The number of alkyl halides is 1.